The highest BCUT2D eigenvalue weighted by atomic mass is 35.5. The smallest absolute Gasteiger partial charge is 0.269 e. The van der Waals surface area contributed by atoms with Gasteiger partial charge < -0.3 is 0 Å². The van der Waals surface area contributed by atoms with E-state index in [0.717, 1.165) is 24.8 Å². The van der Waals surface area contributed by atoms with E-state index in [2.05, 4.69) is 6.92 Å². The minimum atomic E-state index is -0.543. The minimum Gasteiger partial charge on any atom is -0.298 e. The second-order valence-electron chi connectivity index (χ2n) is 4.52. The summed E-state index contributed by atoms with van der Waals surface area (Å²) >= 11 is 6.06. The van der Waals surface area contributed by atoms with Crippen LogP contribution in [0.2, 0.25) is 0 Å². The predicted molar refractivity (Wildman–Crippen MR) is 75.6 cm³/mol. The molecule has 0 aliphatic carbocycles. The van der Waals surface area contributed by atoms with Crippen molar-refractivity contribution in [2.45, 2.75) is 44.4 Å². The minimum absolute atomic E-state index is 0.0455. The molecule has 1 aromatic carbocycles. The molecule has 4 nitrogen and oxygen atoms in total. The monoisotopic (exact) mass is 283 g/mol. The highest BCUT2D eigenvalue weighted by molar-refractivity contribution is 6.31. The van der Waals surface area contributed by atoms with Crippen LogP contribution < -0.4 is 0 Å². The summed E-state index contributed by atoms with van der Waals surface area (Å²) in [6, 6.07) is 6.15. The van der Waals surface area contributed by atoms with Crippen LogP contribution in [0, 0.1) is 10.1 Å². The summed E-state index contributed by atoms with van der Waals surface area (Å²) in [5.74, 6) is 0.0495. The molecule has 0 aromatic heterocycles. The van der Waals surface area contributed by atoms with Gasteiger partial charge >= 0.3 is 0 Å². The van der Waals surface area contributed by atoms with Gasteiger partial charge in [0.1, 0.15) is 0 Å². The number of nitro benzene ring substituents is 1. The van der Waals surface area contributed by atoms with Gasteiger partial charge in [-0.05, 0) is 18.4 Å². The van der Waals surface area contributed by atoms with Gasteiger partial charge in [-0.1, -0.05) is 31.9 Å². The van der Waals surface area contributed by atoms with Crippen molar-refractivity contribution in [2.75, 3.05) is 0 Å². The Balaban J connectivity index is 2.49. The van der Waals surface area contributed by atoms with Crippen molar-refractivity contribution >= 4 is 23.1 Å². The molecule has 0 bridgehead atoms. The summed E-state index contributed by atoms with van der Waals surface area (Å²) in [7, 11) is 0. The van der Waals surface area contributed by atoms with Crippen LogP contribution in [0.1, 0.15) is 38.2 Å². The van der Waals surface area contributed by atoms with E-state index < -0.39 is 10.3 Å². The average molecular weight is 284 g/mol. The fourth-order valence-corrected chi connectivity index (χ4v) is 2.07. The van der Waals surface area contributed by atoms with Gasteiger partial charge in [-0.2, -0.15) is 0 Å². The Kier molecular flexibility index (Phi) is 6.50. The number of hydrogen-bond acceptors (Lipinski definition) is 3. The van der Waals surface area contributed by atoms with Gasteiger partial charge in [0, 0.05) is 18.6 Å². The van der Waals surface area contributed by atoms with Crippen molar-refractivity contribution in [3.05, 3.63) is 39.9 Å². The van der Waals surface area contributed by atoms with Crippen molar-refractivity contribution in [1.29, 1.82) is 0 Å². The zero-order valence-electron chi connectivity index (χ0n) is 11.0. The molecule has 0 saturated heterocycles. The van der Waals surface area contributed by atoms with Gasteiger partial charge in [0.05, 0.1) is 10.3 Å². The van der Waals surface area contributed by atoms with Gasteiger partial charge in [-0.15, -0.1) is 11.6 Å². The third kappa shape index (κ3) is 5.39. The van der Waals surface area contributed by atoms with E-state index in [1.54, 1.807) is 12.1 Å². The number of non-ortho nitro benzene ring substituents is 1. The number of carbonyl (C=O) groups excluding carboxylic acids is 1. The number of unbranched alkanes of at least 4 members (excludes halogenated alkanes) is 2. The van der Waals surface area contributed by atoms with Crippen molar-refractivity contribution < 1.29 is 9.72 Å². The molecule has 1 atom stereocenters. The number of hydrogen-bond donors (Lipinski definition) is 0. The normalized spacial score (nSPS) is 12.1. The average Bonchev–Trinajstić information content (AvgIpc) is 2.39. The molecule has 0 saturated carbocycles. The van der Waals surface area contributed by atoms with E-state index >= 15 is 0 Å². The molecular weight excluding hydrogens is 266 g/mol. The number of benzene rings is 1. The second kappa shape index (κ2) is 7.89. The van der Waals surface area contributed by atoms with Crippen LogP contribution >= 0.6 is 11.6 Å². The molecule has 1 aromatic rings. The van der Waals surface area contributed by atoms with Crippen molar-refractivity contribution in [1.82, 2.24) is 0 Å². The Hall–Kier alpha value is -1.42. The molecule has 0 aliphatic rings. The third-order valence-electron chi connectivity index (χ3n) is 2.94. The highest BCUT2D eigenvalue weighted by Gasteiger charge is 2.15. The summed E-state index contributed by atoms with van der Waals surface area (Å²) in [6.07, 6.45) is 3.91. The Morgan fingerprint density at radius 1 is 1.32 bits per heavy atom. The maximum absolute atomic E-state index is 11.8. The van der Waals surface area contributed by atoms with E-state index in [1.807, 2.05) is 0 Å². The summed E-state index contributed by atoms with van der Waals surface area (Å²) in [4.78, 5) is 21.8. The molecule has 0 fully saturated rings. The maximum atomic E-state index is 11.8. The van der Waals surface area contributed by atoms with E-state index in [4.69, 9.17) is 11.6 Å². The van der Waals surface area contributed by atoms with E-state index in [9.17, 15) is 14.9 Å². The molecule has 0 aliphatic heterocycles. The van der Waals surface area contributed by atoms with Gasteiger partial charge in [-0.25, -0.2) is 0 Å². The number of alkyl halides is 1. The Morgan fingerprint density at radius 2 is 1.95 bits per heavy atom. The first kappa shape index (κ1) is 15.6. The first-order chi connectivity index (χ1) is 9.04. The van der Waals surface area contributed by atoms with Crippen LogP contribution in [0.4, 0.5) is 5.69 Å². The Morgan fingerprint density at radius 3 is 2.47 bits per heavy atom. The van der Waals surface area contributed by atoms with Crippen molar-refractivity contribution in [3.63, 3.8) is 0 Å². The molecule has 1 rings (SSSR count). The van der Waals surface area contributed by atoms with Crippen LogP contribution in [-0.2, 0) is 11.2 Å². The van der Waals surface area contributed by atoms with Crippen LogP contribution in [-0.4, -0.2) is 16.1 Å². The number of ketones is 1. The molecule has 0 spiro atoms. The fraction of sp³-hybridized carbons (Fsp3) is 0.500. The van der Waals surface area contributed by atoms with Crippen LogP contribution in [0.3, 0.4) is 0 Å². The predicted octanol–water partition coefficient (Wildman–Crippen LogP) is 3.89. The van der Waals surface area contributed by atoms with Gasteiger partial charge in [-0.3, -0.25) is 14.9 Å². The van der Waals surface area contributed by atoms with Crippen molar-refractivity contribution in [2.24, 2.45) is 0 Å². The molecule has 1 unspecified atom stereocenters. The first-order valence-electron chi connectivity index (χ1n) is 6.44. The number of Topliss-reactive ketones (excluding diaryl/α,β-unsaturated/α-hetero) is 1. The Labute approximate surface area is 117 Å². The fourth-order valence-electron chi connectivity index (χ4n) is 1.78. The molecule has 0 heterocycles. The molecule has 0 radical (unpaired) electrons. The number of nitrogens with zero attached hydrogens (tertiary/aromatic N) is 1. The molecule has 5 heteroatoms. The summed E-state index contributed by atoms with van der Waals surface area (Å²) < 4.78 is 0. The number of rotatable bonds is 8. The number of halogens is 1. The largest absolute Gasteiger partial charge is 0.298 e. The number of nitro groups is 1. The highest BCUT2D eigenvalue weighted by Crippen LogP contribution is 2.16. The lowest BCUT2D eigenvalue weighted by Gasteiger charge is -2.08. The molecule has 104 valence electrons. The molecule has 0 N–H and O–H groups in total. The molecule has 0 amide bonds. The van der Waals surface area contributed by atoms with Crippen LogP contribution in [0.5, 0.6) is 0 Å². The summed E-state index contributed by atoms with van der Waals surface area (Å²) in [5.41, 5.74) is 0.888. The quantitative estimate of drug-likeness (QED) is 0.315. The zero-order valence-corrected chi connectivity index (χ0v) is 11.7. The van der Waals surface area contributed by atoms with Crippen LogP contribution in [0.15, 0.2) is 24.3 Å². The third-order valence-corrected chi connectivity index (χ3v) is 3.34. The lowest BCUT2D eigenvalue weighted by molar-refractivity contribution is -0.384. The lowest BCUT2D eigenvalue weighted by atomic mass is 10.0. The molecule has 19 heavy (non-hydrogen) atoms. The van der Waals surface area contributed by atoms with E-state index in [0.29, 0.717) is 12.8 Å². The standard InChI is InChI=1S/C14H18ClNO3/c1-2-3-4-5-14(17)13(15)10-11-6-8-12(9-7-11)16(18)19/h6-9,13H,2-5,10H2,1H3. The van der Waals surface area contributed by atoms with Gasteiger partial charge in [0.15, 0.2) is 5.78 Å². The lowest BCUT2D eigenvalue weighted by Crippen LogP contribution is -2.17. The van der Waals surface area contributed by atoms with Gasteiger partial charge in [0.2, 0.25) is 0 Å². The molecular formula is C14H18ClNO3. The van der Waals surface area contributed by atoms with E-state index in [-0.39, 0.29) is 11.5 Å². The van der Waals surface area contributed by atoms with Crippen molar-refractivity contribution in [3.8, 4) is 0 Å². The van der Waals surface area contributed by atoms with Gasteiger partial charge in [0.25, 0.3) is 5.69 Å². The number of carbonyl (C=O) groups is 1. The SMILES string of the molecule is CCCCCC(=O)C(Cl)Cc1ccc([N+](=O)[O-])cc1. The van der Waals surface area contributed by atoms with E-state index in [1.165, 1.54) is 12.1 Å². The Bertz CT molecular complexity index is 431. The second-order valence-corrected chi connectivity index (χ2v) is 5.05. The summed E-state index contributed by atoms with van der Waals surface area (Å²) in [6.45, 7) is 2.08. The first-order valence-corrected chi connectivity index (χ1v) is 6.88. The van der Waals surface area contributed by atoms with Crippen LogP contribution in [0.25, 0.3) is 0 Å². The summed E-state index contributed by atoms with van der Waals surface area (Å²) in [5, 5.41) is 9.97. The maximum Gasteiger partial charge on any atom is 0.269 e. The zero-order chi connectivity index (χ0) is 14.3. The topological polar surface area (TPSA) is 60.2 Å².